The summed E-state index contributed by atoms with van der Waals surface area (Å²) in [5.74, 6) is 0.742. The Hall–Kier alpha value is -1.29. The fraction of sp³-hybridized carbons (Fsp3) is 0.467. The maximum atomic E-state index is 11.5. The van der Waals surface area contributed by atoms with E-state index in [1.807, 2.05) is 37.3 Å². The zero-order valence-corrected chi connectivity index (χ0v) is 12.0. The highest BCUT2D eigenvalue weighted by Gasteiger charge is 2.24. The topological polar surface area (TPSA) is 43.4 Å². The van der Waals surface area contributed by atoms with Crippen molar-refractivity contribution >= 4 is 15.4 Å². The lowest BCUT2D eigenvalue weighted by Gasteiger charge is -2.21. The summed E-state index contributed by atoms with van der Waals surface area (Å²) in [7, 11) is -2.84. The Labute approximate surface area is 115 Å². The third-order valence-corrected chi connectivity index (χ3v) is 5.27. The van der Waals surface area contributed by atoms with Gasteiger partial charge in [-0.15, -0.1) is 0 Å². The van der Waals surface area contributed by atoms with Crippen molar-refractivity contribution in [3.05, 3.63) is 42.2 Å². The summed E-state index contributed by atoms with van der Waals surface area (Å²) < 4.78 is 28.6. The highest BCUT2D eigenvalue weighted by atomic mass is 32.2. The zero-order valence-electron chi connectivity index (χ0n) is 11.2. The molecule has 1 aromatic rings. The van der Waals surface area contributed by atoms with Crippen LogP contribution in [-0.2, 0) is 14.6 Å². The molecule has 1 saturated heterocycles. The predicted octanol–water partition coefficient (Wildman–Crippen LogP) is 2.89. The first-order chi connectivity index (χ1) is 9.07. The van der Waals surface area contributed by atoms with E-state index in [0.29, 0.717) is 12.4 Å². The SMILES string of the molecule is C/C(=C/OCC1CCCS(=O)(=O)C1)c1ccccc1. The Balaban J connectivity index is 1.86. The molecule has 0 saturated carbocycles. The number of sulfone groups is 1. The van der Waals surface area contributed by atoms with Gasteiger partial charge in [-0.3, -0.25) is 0 Å². The molecule has 1 aliphatic rings. The summed E-state index contributed by atoms with van der Waals surface area (Å²) >= 11 is 0. The van der Waals surface area contributed by atoms with E-state index in [1.54, 1.807) is 6.26 Å². The molecule has 1 aliphatic heterocycles. The number of allylic oxidation sites excluding steroid dienone is 1. The Kier molecular flexibility index (Phi) is 4.64. The van der Waals surface area contributed by atoms with Gasteiger partial charge < -0.3 is 4.74 Å². The molecule has 1 atom stereocenters. The summed E-state index contributed by atoms with van der Waals surface area (Å²) in [5.41, 5.74) is 2.18. The lowest BCUT2D eigenvalue weighted by atomic mass is 10.1. The largest absolute Gasteiger partial charge is 0.501 e. The van der Waals surface area contributed by atoms with Crippen LogP contribution in [0.2, 0.25) is 0 Å². The minimum Gasteiger partial charge on any atom is -0.501 e. The monoisotopic (exact) mass is 280 g/mol. The van der Waals surface area contributed by atoms with Crippen molar-refractivity contribution in [2.75, 3.05) is 18.1 Å². The van der Waals surface area contributed by atoms with E-state index in [1.165, 1.54) is 0 Å². The van der Waals surface area contributed by atoms with Gasteiger partial charge in [0.1, 0.15) is 0 Å². The summed E-state index contributed by atoms with van der Waals surface area (Å²) in [6.45, 7) is 2.48. The van der Waals surface area contributed by atoms with E-state index >= 15 is 0 Å². The summed E-state index contributed by atoms with van der Waals surface area (Å²) in [5, 5.41) is 0. The van der Waals surface area contributed by atoms with E-state index in [-0.39, 0.29) is 11.7 Å². The number of hydrogen-bond donors (Lipinski definition) is 0. The second kappa shape index (κ2) is 6.24. The van der Waals surface area contributed by atoms with Gasteiger partial charge in [0, 0.05) is 5.92 Å². The van der Waals surface area contributed by atoms with E-state index in [9.17, 15) is 8.42 Å². The fourth-order valence-electron chi connectivity index (χ4n) is 2.33. The number of rotatable bonds is 4. The van der Waals surface area contributed by atoms with E-state index in [0.717, 1.165) is 24.0 Å². The van der Waals surface area contributed by atoms with Gasteiger partial charge in [0.25, 0.3) is 0 Å². The number of ether oxygens (including phenoxy) is 1. The molecular formula is C15H20O3S. The fourth-order valence-corrected chi connectivity index (χ4v) is 4.08. The molecule has 0 N–H and O–H groups in total. The summed E-state index contributed by atoms with van der Waals surface area (Å²) in [6.07, 6.45) is 3.44. The van der Waals surface area contributed by atoms with Crippen LogP contribution < -0.4 is 0 Å². The second-order valence-electron chi connectivity index (χ2n) is 5.12. The summed E-state index contributed by atoms with van der Waals surface area (Å²) in [6, 6.07) is 10.0. The maximum absolute atomic E-state index is 11.5. The minimum atomic E-state index is -2.84. The molecule has 0 aromatic heterocycles. The molecule has 104 valence electrons. The first-order valence-corrected chi connectivity index (χ1v) is 8.43. The molecule has 1 fully saturated rings. The quantitative estimate of drug-likeness (QED) is 0.797. The van der Waals surface area contributed by atoms with Crippen LogP contribution in [0, 0.1) is 5.92 Å². The van der Waals surface area contributed by atoms with Gasteiger partial charge in [-0.1, -0.05) is 30.3 Å². The van der Waals surface area contributed by atoms with Gasteiger partial charge in [-0.25, -0.2) is 8.42 Å². The van der Waals surface area contributed by atoms with E-state index in [4.69, 9.17) is 4.74 Å². The van der Waals surface area contributed by atoms with Crippen LogP contribution in [0.1, 0.15) is 25.3 Å². The Morgan fingerprint density at radius 1 is 1.37 bits per heavy atom. The van der Waals surface area contributed by atoms with E-state index in [2.05, 4.69) is 0 Å². The van der Waals surface area contributed by atoms with Crippen LogP contribution in [0.4, 0.5) is 0 Å². The standard InChI is InChI=1S/C15H20O3S/c1-13(15-7-3-2-4-8-15)10-18-11-14-6-5-9-19(16,17)12-14/h2-4,7-8,10,14H,5-6,9,11-12H2,1H3/b13-10-. The maximum Gasteiger partial charge on any atom is 0.150 e. The molecule has 0 bridgehead atoms. The second-order valence-corrected chi connectivity index (χ2v) is 7.35. The van der Waals surface area contributed by atoms with Crippen LogP contribution in [0.5, 0.6) is 0 Å². The Bertz CT molecular complexity index is 532. The third kappa shape index (κ3) is 4.39. The van der Waals surface area contributed by atoms with Gasteiger partial charge in [0.2, 0.25) is 0 Å². The van der Waals surface area contributed by atoms with Gasteiger partial charge >= 0.3 is 0 Å². The number of hydrogen-bond acceptors (Lipinski definition) is 3. The molecule has 1 unspecified atom stereocenters. The molecule has 3 nitrogen and oxygen atoms in total. The van der Waals surface area contributed by atoms with Crippen LogP contribution in [0.25, 0.3) is 5.57 Å². The van der Waals surface area contributed by atoms with Crippen LogP contribution in [0.3, 0.4) is 0 Å². The van der Waals surface area contributed by atoms with Crippen molar-refractivity contribution in [2.45, 2.75) is 19.8 Å². The Morgan fingerprint density at radius 3 is 2.79 bits per heavy atom. The molecule has 0 amide bonds. The molecule has 4 heteroatoms. The van der Waals surface area contributed by atoms with Gasteiger partial charge in [0.05, 0.1) is 24.4 Å². The molecule has 0 spiro atoms. The Morgan fingerprint density at radius 2 is 2.11 bits per heavy atom. The predicted molar refractivity (Wildman–Crippen MR) is 77.4 cm³/mol. The lowest BCUT2D eigenvalue weighted by Crippen LogP contribution is -2.27. The van der Waals surface area contributed by atoms with Gasteiger partial charge in [-0.2, -0.15) is 0 Å². The van der Waals surface area contributed by atoms with E-state index < -0.39 is 9.84 Å². The number of benzene rings is 1. The zero-order chi connectivity index (χ0) is 13.7. The smallest absolute Gasteiger partial charge is 0.150 e. The molecule has 1 aromatic carbocycles. The van der Waals surface area contributed by atoms with Crippen LogP contribution >= 0.6 is 0 Å². The highest BCUT2D eigenvalue weighted by Crippen LogP contribution is 2.19. The van der Waals surface area contributed by atoms with Crippen LogP contribution in [-0.4, -0.2) is 26.5 Å². The van der Waals surface area contributed by atoms with Crippen molar-refractivity contribution in [1.82, 2.24) is 0 Å². The van der Waals surface area contributed by atoms with Crippen molar-refractivity contribution < 1.29 is 13.2 Å². The first-order valence-electron chi connectivity index (χ1n) is 6.61. The normalized spacial score (nSPS) is 23.0. The van der Waals surface area contributed by atoms with Crippen molar-refractivity contribution in [3.8, 4) is 0 Å². The molecule has 19 heavy (non-hydrogen) atoms. The van der Waals surface area contributed by atoms with Crippen molar-refractivity contribution in [2.24, 2.45) is 5.92 Å². The highest BCUT2D eigenvalue weighted by molar-refractivity contribution is 7.91. The average molecular weight is 280 g/mol. The lowest BCUT2D eigenvalue weighted by molar-refractivity contribution is 0.197. The average Bonchev–Trinajstić information content (AvgIpc) is 2.38. The third-order valence-electron chi connectivity index (χ3n) is 3.38. The minimum absolute atomic E-state index is 0.138. The molecule has 0 radical (unpaired) electrons. The summed E-state index contributed by atoms with van der Waals surface area (Å²) in [4.78, 5) is 0. The molecular weight excluding hydrogens is 260 g/mol. The van der Waals surface area contributed by atoms with Crippen molar-refractivity contribution in [3.63, 3.8) is 0 Å². The van der Waals surface area contributed by atoms with Gasteiger partial charge in [0.15, 0.2) is 9.84 Å². The molecule has 2 rings (SSSR count). The first kappa shape index (κ1) is 14.1. The molecule has 0 aliphatic carbocycles. The molecule has 1 heterocycles. The van der Waals surface area contributed by atoms with Crippen molar-refractivity contribution in [1.29, 1.82) is 0 Å². The van der Waals surface area contributed by atoms with Crippen LogP contribution in [0.15, 0.2) is 36.6 Å². The van der Waals surface area contributed by atoms with Gasteiger partial charge in [-0.05, 0) is 30.9 Å².